The van der Waals surface area contributed by atoms with Gasteiger partial charge < -0.3 is 25.0 Å². The first kappa shape index (κ1) is 24.8. The Morgan fingerprint density at radius 3 is 2.31 bits per heavy atom. The predicted octanol–water partition coefficient (Wildman–Crippen LogP) is 2.76. The van der Waals surface area contributed by atoms with Crippen molar-refractivity contribution in [1.82, 2.24) is 15.5 Å². The molecular formula is C19H35IN4O2. The van der Waals surface area contributed by atoms with E-state index in [4.69, 9.17) is 9.47 Å². The van der Waals surface area contributed by atoms with Crippen molar-refractivity contribution in [2.45, 2.75) is 27.2 Å². The molecule has 0 fully saturated rings. The molecule has 0 aliphatic heterocycles. The third-order valence-electron chi connectivity index (χ3n) is 4.08. The average Bonchev–Trinajstić information content (AvgIpc) is 2.65. The van der Waals surface area contributed by atoms with Gasteiger partial charge >= 0.3 is 0 Å². The Balaban J connectivity index is 0.00000625. The topological polar surface area (TPSA) is 58.1 Å². The Kier molecular flexibility index (Phi) is 14.2. The number of nitrogens with one attached hydrogen (secondary N) is 2. The molecular weight excluding hydrogens is 443 g/mol. The third kappa shape index (κ3) is 8.93. The van der Waals surface area contributed by atoms with E-state index in [1.54, 1.807) is 14.2 Å². The highest BCUT2D eigenvalue weighted by Crippen LogP contribution is 2.27. The highest BCUT2D eigenvalue weighted by atomic mass is 127. The lowest BCUT2D eigenvalue weighted by Gasteiger charge is -2.17. The SMILES string of the molecule is CCNC(=NCCN(CC)CC)NCCc1ccc(OC)c(OC)c1.I. The van der Waals surface area contributed by atoms with E-state index in [0.717, 1.165) is 63.1 Å². The Hall–Kier alpha value is -1.22. The van der Waals surface area contributed by atoms with Crippen molar-refractivity contribution in [2.75, 3.05) is 53.5 Å². The summed E-state index contributed by atoms with van der Waals surface area (Å²) in [6.07, 6.45) is 0.890. The van der Waals surface area contributed by atoms with Gasteiger partial charge in [-0.2, -0.15) is 0 Å². The van der Waals surface area contributed by atoms with Crippen LogP contribution in [-0.4, -0.2) is 64.3 Å². The van der Waals surface area contributed by atoms with Crippen LogP contribution in [0.2, 0.25) is 0 Å². The number of ether oxygens (including phenoxy) is 2. The average molecular weight is 478 g/mol. The molecule has 0 heterocycles. The maximum absolute atomic E-state index is 5.35. The monoisotopic (exact) mass is 478 g/mol. The molecule has 0 aliphatic carbocycles. The van der Waals surface area contributed by atoms with Gasteiger partial charge in [0.2, 0.25) is 0 Å². The lowest BCUT2D eigenvalue weighted by molar-refractivity contribution is 0.313. The van der Waals surface area contributed by atoms with E-state index in [1.165, 1.54) is 5.56 Å². The summed E-state index contributed by atoms with van der Waals surface area (Å²) in [5.41, 5.74) is 1.20. The number of likely N-dealkylation sites (N-methyl/N-ethyl adjacent to an activating group) is 1. The molecule has 26 heavy (non-hydrogen) atoms. The molecule has 0 aromatic heterocycles. The fraction of sp³-hybridized carbons (Fsp3) is 0.632. The summed E-state index contributed by atoms with van der Waals surface area (Å²) in [5, 5.41) is 6.69. The van der Waals surface area contributed by atoms with Crippen LogP contribution < -0.4 is 20.1 Å². The molecule has 0 saturated heterocycles. The second kappa shape index (κ2) is 14.9. The van der Waals surface area contributed by atoms with Gasteiger partial charge in [-0.3, -0.25) is 4.99 Å². The van der Waals surface area contributed by atoms with Crippen molar-refractivity contribution in [2.24, 2.45) is 4.99 Å². The molecule has 0 spiro atoms. The zero-order valence-corrected chi connectivity index (χ0v) is 19.1. The molecule has 0 saturated carbocycles. The standard InChI is InChI=1S/C19H34N4O2.HI/c1-6-20-19(22-13-14-23(7-2)8-3)21-12-11-16-9-10-17(24-4)18(15-16)25-5;/h9-10,15H,6-8,11-14H2,1-5H3,(H2,20,21,22);1H. The van der Waals surface area contributed by atoms with Crippen LogP contribution in [0.1, 0.15) is 26.3 Å². The molecule has 0 aliphatic rings. The second-order valence-corrected chi connectivity index (χ2v) is 5.65. The minimum absolute atomic E-state index is 0. The highest BCUT2D eigenvalue weighted by molar-refractivity contribution is 14.0. The molecule has 2 N–H and O–H groups in total. The number of hydrogen-bond donors (Lipinski definition) is 2. The molecule has 0 bridgehead atoms. The lowest BCUT2D eigenvalue weighted by Crippen LogP contribution is -2.39. The van der Waals surface area contributed by atoms with Crippen LogP contribution in [0.4, 0.5) is 0 Å². The van der Waals surface area contributed by atoms with Crippen LogP contribution in [0.5, 0.6) is 11.5 Å². The number of methoxy groups -OCH3 is 2. The van der Waals surface area contributed by atoms with Gasteiger partial charge in [-0.1, -0.05) is 19.9 Å². The number of halogens is 1. The second-order valence-electron chi connectivity index (χ2n) is 5.65. The summed E-state index contributed by atoms with van der Waals surface area (Å²) >= 11 is 0. The number of guanidine groups is 1. The zero-order chi connectivity index (χ0) is 18.5. The number of aliphatic imine (C=N–C) groups is 1. The fourth-order valence-corrected chi connectivity index (χ4v) is 2.55. The van der Waals surface area contributed by atoms with E-state index >= 15 is 0 Å². The van der Waals surface area contributed by atoms with Gasteiger partial charge in [0.15, 0.2) is 17.5 Å². The zero-order valence-electron chi connectivity index (χ0n) is 16.8. The van der Waals surface area contributed by atoms with Gasteiger partial charge in [-0.05, 0) is 44.1 Å². The van der Waals surface area contributed by atoms with E-state index < -0.39 is 0 Å². The van der Waals surface area contributed by atoms with Gasteiger partial charge in [-0.25, -0.2) is 0 Å². The van der Waals surface area contributed by atoms with E-state index in [1.807, 2.05) is 12.1 Å². The molecule has 1 rings (SSSR count). The smallest absolute Gasteiger partial charge is 0.191 e. The van der Waals surface area contributed by atoms with E-state index in [0.29, 0.717) is 0 Å². The Morgan fingerprint density at radius 2 is 1.73 bits per heavy atom. The normalized spacial score (nSPS) is 11.1. The molecule has 0 amide bonds. The molecule has 0 atom stereocenters. The fourth-order valence-electron chi connectivity index (χ4n) is 2.55. The summed E-state index contributed by atoms with van der Waals surface area (Å²) < 4.78 is 10.6. The number of benzene rings is 1. The Bertz CT molecular complexity index is 522. The molecule has 0 radical (unpaired) electrons. The summed E-state index contributed by atoms with van der Waals surface area (Å²) in [6, 6.07) is 6.02. The number of nitrogens with zero attached hydrogens (tertiary/aromatic N) is 2. The van der Waals surface area contributed by atoms with Crippen LogP contribution >= 0.6 is 24.0 Å². The Morgan fingerprint density at radius 1 is 1.04 bits per heavy atom. The first-order valence-corrected chi connectivity index (χ1v) is 9.13. The highest BCUT2D eigenvalue weighted by Gasteiger charge is 2.05. The lowest BCUT2D eigenvalue weighted by atomic mass is 10.1. The van der Waals surface area contributed by atoms with Crippen molar-refractivity contribution >= 4 is 29.9 Å². The number of hydrogen-bond acceptors (Lipinski definition) is 4. The first-order valence-electron chi connectivity index (χ1n) is 9.13. The van der Waals surface area contributed by atoms with Gasteiger partial charge in [0.1, 0.15) is 0 Å². The van der Waals surface area contributed by atoms with Crippen molar-refractivity contribution in [1.29, 1.82) is 0 Å². The van der Waals surface area contributed by atoms with Crippen LogP contribution in [0.3, 0.4) is 0 Å². The summed E-state index contributed by atoms with van der Waals surface area (Å²) in [5.74, 6) is 2.39. The van der Waals surface area contributed by atoms with E-state index in [9.17, 15) is 0 Å². The van der Waals surface area contributed by atoms with Gasteiger partial charge in [0.25, 0.3) is 0 Å². The van der Waals surface area contributed by atoms with Crippen molar-refractivity contribution < 1.29 is 9.47 Å². The van der Waals surface area contributed by atoms with Crippen LogP contribution in [0.25, 0.3) is 0 Å². The van der Waals surface area contributed by atoms with Gasteiger partial charge in [0, 0.05) is 19.6 Å². The molecule has 0 unspecified atom stereocenters. The van der Waals surface area contributed by atoms with E-state index in [-0.39, 0.29) is 24.0 Å². The Labute approximate surface area is 175 Å². The van der Waals surface area contributed by atoms with E-state index in [2.05, 4.69) is 47.4 Å². The summed E-state index contributed by atoms with van der Waals surface area (Å²) in [7, 11) is 3.31. The summed E-state index contributed by atoms with van der Waals surface area (Å²) in [6.45, 7) is 12.0. The van der Waals surface area contributed by atoms with Crippen LogP contribution in [0.15, 0.2) is 23.2 Å². The number of rotatable bonds is 11. The minimum Gasteiger partial charge on any atom is -0.493 e. The van der Waals surface area contributed by atoms with Crippen molar-refractivity contribution in [3.63, 3.8) is 0 Å². The maximum atomic E-state index is 5.35. The summed E-state index contributed by atoms with van der Waals surface area (Å²) in [4.78, 5) is 7.02. The minimum atomic E-state index is 0. The quantitative estimate of drug-likeness (QED) is 0.291. The van der Waals surface area contributed by atoms with Crippen LogP contribution in [-0.2, 0) is 6.42 Å². The molecule has 1 aromatic carbocycles. The third-order valence-corrected chi connectivity index (χ3v) is 4.08. The molecule has 6 nitrogen and oxygen atoms in total. The van der Waals surface area contributed by atoms with Crippen LogP contribution in [0, 0.1) is 0 Å². The van der Waals surface area contributed by atoms with Crippen molar-refractivity contribution in [3.05, 3.63) is 23.8 Å². The first-order chi connectivity index (χ1) is 12.2. The molecule has 1 aromatic rings. The molecule has 150 valence electrons. The van der Waals surface area contributed by atoms with Gasteiger partial charge in [0.05, 0.1) is 20.8 Å². The van der Waals surface area contributed by atoms with Gasteiger partial charge in [-0.15, -0.1) is 24.0 Å². The molecule has 7 heteroatoms. The maximum Gasteiger partial charge on any atom is 0.191 e. The largest absolute Gasteiger partial charge is 0.493 e. The predicted molar refractivity (Wildman–Crippen MR) is 120 cm³/mol. The van der Waals surface area contributed by atoms with Crippen molar-refractivity contribution in [3.8, 4) is 11.5 Å².